The predicted molar refractivity (Wildman–Crippen MR) is 93.8 cm³/mol. The highest BCUT2D eigenvalue weighted by molar-refractivity contribution is 7.99. The molecule has 0 atom stereocenters. The molecule has 1 aromatic heterocycles. The first-order valence-electron chi connectivity index (χ1n) is 7.71. The third kappa shape index (κ3) is 3.65. The Morgan fingerprint density at radius 2 is 1.96 bits per heavy atom. The van der Waals surface area contributed by atoms with Crippen molar-refractivity contribution < 1.29 is 23.1 Å². The largest absolute Gasteiger partial charge is 0.454 e. The number of carbonyl (C=O) groups is 1. The SMILES string of the molecule is O=C(CSc1ncc(-c2ccc(F)cc2)o1)Nc1ccc2c(c1)OCO2. The van der Waals surface area contributed by atoms with Crippen molar-refractivity contribution in [1.82, 2.24) is 4.98 Å². The Hall–Kier alpha value is -3.00. The number of benzene rings is 2. The van der Waals surface area contributed by atoms with Gasteiger partial charge >= 0.3 is 0 Å². The van der Waals surface area contributed by atoms with Gasteiger partial charge in [0.1, 0.15) is 5.82 Å². The molecule has 0 saturated heterocycles. The fourth-order valence-corrected chi connectivity index (χ4v) is 2.97. The van der Waals surface area contributed by atoms with Crippen molar-refractivity contribution in [3.05, 3.63) is 54.5 Å². The number of aromatic nitrogens is 1. The molecular weight excluding hydrogens is 359 g/mol. The van der Waals surface area contributed by atoms with E-state index in [9.17, 15) is 9.18 Å². The molecule has 1 N–H and O–H groups in total. The van der Waals surface area contributed by atoms with Crippen LogP contribution in [-0.2, 0) is 4.79 Å². The van der Waals surface area contributed by atoms with Crippen LogP contribution in [0.25, 0.3) is 11.3 Å². The summed E-state index contributed by atoms with van der Waals surface area (Å²) in [6.45, 7) is 0.184. The summed E-state index contributed by atoms with van der Waals surface area (Å²) in [5, 5.41) is 3.15. The summed E-state index contributed by atoms with van der Waals surface area (Å²) in [6.07, 6.45) is 1.55. The van der Waals surface area contributed by atoms with Gasteiger partial charge in [0.2, 0.25) is 12.7 Å². The minimum Gasteiger partial charge on any atom is -0.454 e. The van der Waals surface area contributed by atoms with Crippen LogP contribution in [0.5, 0.6) is 11.5 Å². The van der Waals surface area contributed by atoms with E-state index >= 15 is 0 Å². The standard InChI is InChI=1S/C18H13FN2O4S/c19-12-3-1-11(2-4-12)16-8-20-18(25-16)26-9-17(22)21-13-5-6-14-15(7-13)24-10-23-14/h1-8H,9-10H2,(H,21,22). The highest BCUT2D eigenvalue weighted by Gasteiger charge is 2.15. The van der Waals surface area contributed by atoms with Gasteiger partial charge in [-0.05, 0) is 36.4 Å². The number of oxazole rings is 1. The molecule has 8 heteroatoms. The van der Waals surface area contributed by atoms with E-state index in [1.54, 1.807) is 36.5 Å². The molecule has 132 valence electrons. The molecule has 0 aliphatic carbocycles. The number of nitrogens with one attached hydrogen (secondary N) is 1. The van der Waals surface area contributed by atoms with Crippen molar-refractivity contribution in [3.8, 4) is 22.8 Å². The topological polar surface area (TPSA) is 73.6 Å². The van der Waals surface area contributed by atoms with E-state index in [1.165, 1.54) is 23.9 Å². The summed E-state index contributed by atoms with van der Waals surface area (Å²) in [5.41, 5.74) is 1.34. The zero-order chi connectivity index (χ0) is 17.9. The van der Waals surface area contributed by atoms with Crippen LogP contribution in [0.2, 0.25) is 0 Å². The maximum atomic E-state index is 13.0. The molecule has 1 aliphatic rings. The summed E-state index contributed by atoms with van der Waals surface area (Å²) in [4.78, 5) is 16.2. The van der Waals surface area contributed by atoms with E-state index in [0.29, 0.717) is 28.2 Å². The van der Waals surface area contributed by atoms with E-state index in [-0.39, 0.29) is 24.3 Å². The molecule has 0 radical (unpaired) electrons. The average molecular weight is 372 g/mol. The minimum atomic E-state index is -0.317. The van der Waals surface area contributed by atoms with Crippen LogP contribution in [0.3, 0.4) is 0 Å². The van der Waals surface area contributed by atoms with Gasteiger partial charge in [-0.2, -0.15) is 0 Å². The van der Waals surface area contributed by atoms with Crippen LogP contribution >= 0.6 is 11.8 Å². The number of halogens is 1. The van der Waals surface area contributed by atoms with Crippen molar-refractivity contribution in [2.75, 3.05) is 17.9 Å². The maximum Gasteiger partial charge on any atom is 0.256 e. The zero-order valence-corrected chi connectivity index (χ0v) is 14.2. The highest BCUT2D eigenvalue weighted by atomic mass is 32.2. The molecule has 2 heterocycles. The normalized spacial score (nSPS) is 12.2. The van der Waals surface area contributed by atoms with Crippen molar-refractivity contribution in [3.63, 3.8) is 0 Å². The lowest BCUT2D eigenvalue weighted by atomic mass is 10.2. The van der Waals surface area contributed by atoms with Crippen LogP contribution in [0.4, 0.5) is 10.1 Å². The molecular formula is C18H13FN2O4S. The number of thioether (sulfide) groups is 1. The lowest BCUT2D eigenvalue weighted by Crippen LogP contribution is -2.13. The Bertz CT molecular complexity index is 943. The Balaban J connectivity index is 1.34. The summed E-state index contributed by atoms with van der Waals surface area (Å²) >= 11 is 1.17. The van der Waals surface area contributed by atoms with Crippen LogP contribution in [0, 0.1) is 5.82 Å². The Kier molecular flexibility index (Phi) is 4.49. The molecule has 3 aromatic rings. The number of carbonyl (C=O) groups excluding carboxylic acids is 1. The average Bonchev–Trinajstić information content (AvgIpc) is 3.29. The van der Waals surface area contributed by atoms with Gasteiger partial charge in [-0.25, -0.2) is 9.37 Å². The van der Waals surface area contributed by atoms with Crippen molar-refractivity contribution in [2.24, 2.45) is 0 Å². The lowest BCUT2D eigenvalue weighted by molar-refractivity contribution is -0.113. The smallest absolute Gasteiger partial charge is 0.256 e. The van der Waals surface area contributed by atoms with Crippen LogP contribution < -0.4 is 14.8 Å². The van der Waals surface area contributed by atoms with E-state index in [4.69, 9.17) is 13.9 Å². The molecule has 26 heavy (non-hydrogen) atoms. The van der Waals surface area contributed by atoms with Crippen LogP contribution in [-0.4, -0.2) is 23.4 Å². The number of hydrogen-bond acceptors (Lipinski definition) is 6. The van der Waals surface area contributed by atoms with Gasteiger partial charge in [-0.3, -0.25) is 4.79 Å². The maximum absolute atomic E-state index is 13.0. The van der Waals surface area contributed by atoms with Gasteiger partial charge in [-0.15, -0.1) is 0 Å². The second-order valence-corrected chi connectivity index (χ2v) is 6.33. The first-order valence-corrected chi connectivity index (χ1v) is 8.70. The molecule has 6 nitrogen and oxygen atoms in total. The number of fused-ring (bicyclic) bond motifs is 1. The monoisotopic (exact) mass is 372 g/mol. The second kappa shape index (κ2) is 7.09. The van der Waals surface area contributed by atoms with Gasteiger partial charge in [0.25, 0.3) is 5.22 Å². The summed E-state index contributed by atoms with van der Waals surface area (Å²) in [6, 6.07) is 11.1. The van der Waals surface area contributed by atoms with Crippen LogP contribution in [0.1, 0.15) is 0 Å². The van der Waals surface area contributed by atoms with E-state index in [0.717, 1.165) is 5.56 Å². The fourth-order valence-electron chi connectivity index (χ4n) is 2.37. The predicted octanol–water partition coefficient (Wildman–Crippen LogP) is 3.94. The third-order valence-corrected chi connectivity index (χ3v) is 4.44. The number of hydrogen-bond donors (Lipinski definition) is 1. The number of rotatable bonds is 5. The number of nitrogens with zero attached hydrogens (tertiary/aromatic N) is 1. The third-order valence-electron chi connectivity index (χ3n) is 3.60. The Morgan fingerprint density at radius 1 is 1.15 bits per heavy atom. The van der Waals surface area contributed by atoms with Crippen molar-refractivity contribution in [2.45, 2.75) is 5.22 Å². The molecule has 2 aromatic carbocycles. The lowest BCUT2D eigenvalue weighted by Gasteiger charge is -2.05. The minimum absolute atomic E-state index is 0.137. The van der Waals surface area contributed by atoms with Gasteiger partial charge in [0.05, 0.1) is 11.9 Å². The number of ether oxygens (including phenoxy) is 2. The number of amides is 1. The van der Waals surface area contributed by atoms with E-state index in [1.807, 2.05) is 0 Å². The van der Waals surface area contributed by atoms with Crippen molar-refractivity contribution in [1.29, 1.82) is 0 Å². The summed E-state index contributed by atoms with van der Waals surface area (Å²) in [5.74, 6) is 1.40. The van der Waals surface area contributed by atoms with Crippen LogP contribution in [0.15, 0.2) is 58.3 Å². The second-order valence-electron chi connectivity index (χ2n) is 5.40. The first-order chi connectivity index (χ1) is 12.7. The summed E-state index contributed by atoms with van der Waals surface area (Å²) in [7, 11) is 0. The quantitative estimate of drug-likeness (QED) is 0.684. The number of anilines is 1. The van der Waals surface area contributed by atoms with E-state index < -0.39 is 0 Å². The zero-order valence-electron chi connectivity index (χ0n) is 13.4. The summed E-state index contributed by atoms with van der Waals surface area (Å²) < 4.78 is 29.0. The van der Waals surface area contributed by atoms with Gasteiger partial charge in [-0.1, -0.05) is 11.8 Å². The van der Waals surface area contributed by atoms with Gasteiger partial charge < -0.3 is 19.2 Å². The Morgan fingerprint density at radius 3 is 2.81 bits per heavy atom. The fraction of sp³-hybridized carbons (Fsp3) is 0.111. The molecule has 0 fully saturated rings. The van der Waals surface area contributed by atoms with Gasteiger partial charge in [0, 0.05) is 17.3 Å². The van der Waals surface area contributed by atoms with Crippen molar-refractivity contribution >= 4 is 23.4 Å². The van der Waals surface area contributed by atoms with Gasteiger partial charge in [0.15, 0.2) is 17.3 Å². The molecule has 0 bridgehead atoms. The van der Waals surface area contributed by atoms with E-state index in [2.05, 4.69) is 10.3 Å². The molecule has 0 saturated carbocycles. The molecule has 4 rings (SSSR count). The molecule has 1 aliphatic heterocycles. The molecule has 1 amide bonds. The molecule has 0 unspecified atom stereocenters. The molecule has 0 spiro atoms. The highest BCUT2D eigenvalue weighted by Crippen LogP contribution is 2.34. The Labute approximate surface area is 152 Å². The first kappa shape index (κ1) is 16.5.